The summed E-state index contributed by atoms with van der Waals surface area (Å²) in [5, 5.41) is 0. The Hall–Kier alpha value is -0.950. The fraction of sp³-hybridized carbons (Fsp3) is 0.964. The number of carbonyl (C=O) groups is 2. The van der Waals surface area contributed by atoms with Gasteiger partial charge in [0, 0.05) is 12.8 Å². The molecule has 0 aromatic carbocycles. The van der Waals surface area contributed by atoms with Gasteiger partial charge in [-0.15, -0.1) is 0 Å². The van der Waals surface area contributed by atoms with E-state index in [1.54, 1.807) is 6.92 Å². The molecule has 0 radical (unpaired) electrons. The van der Waals surface area contributed by atoms with Crippen LogP contribution in [0, 0.1) is 0 Å². The first-order chi connectivity index (χ1) is 31.8. The minimum atomic E-state index is -4.28. The van der Waals surface area contributed by atoms with Gasteiger partial charge in [0.1, 0.15) is 6.61 Å². The smallest absolute Gasteiger partial charge is 0.462 e. The summed E-state index contributed by atoms with van der Waals surface area (Å²) in [6.07, 6.45) is 59.0. The zero-order chi connectivity index (χ0) is 47.4. The van der Waals surface area contributed by atoms with Gasteiger partial charge in [0.25, 0.3) is 0 Å². The van der Waals surface area contributed by atoms with Crippen LogP contribution in [0.5, 0.6) is 0 Å². The molecule has 65 heavy (non-hydrogen) atoms. The van der Waals surface area contributed by atoms with E-state index in [4.69, 9.17) is 18.5 Å². The third-order valence-electron chi connectivity index (χ3n) is 13.2. The third-order valence-corrected chi connectivity index (χ3v) is 14.2. The van der Waals surface area contributed by atoms with Gasteiger partial charge in [-0.2, -0.15) is 0 Å². The Morgan fingerprint density at radius 2 is 0.600 bits per heavy atom. The molecule has 0 aliphatic heterocycles. The van der Waals surface area contributed by atoms with Crippen LogP contribution in [0.25, 0.3) is 0 Å². The number of hydrogen-bond acceptors (Lipinski definition) is 7. The highest BCUT2D eigenvalue weighted by Gasteiger charge is 2.25. The first kappa shape index (κ1) is 64.0. The molecule has 2 atom stereocenters. The van der Waals surface area contributed by atoms with Crippen molar-refractivity contribution >= 4 is 19.8 Å². The van der Waals surface area contributed by atoms with Crippen molar-refractivity contribution in [3.05, 3.63) is 0 Å². The molecule has 0 saturated heterocycles. The number of esters is 2. The van der Waals surface area contributed by atoms with E-state index in [-0.39, 0.29) is 32.2 Å². The molecule has 0 rings (SSSR count). The number of phosphoric acid groups is 1. The van der Waals surface area contributed by atoms with Crippen molar-refractivity contribution < 1.29 is 37.6 Å². The van der Waals surface area contributed by atoms with E-state index in [0.29, 0.717) is 6.42 Å². The molecule has 0 aromatic rings. The number of rotatable bonds is 55. The van der Waals surface area contributed by atoms with E-state index < -0.39 is 19.9 Å². The van der Waals surface area contributed by atoms with Gasteiger partial charge in [-0.1, -0.05) is 290 Å². The van der Waals surface area contributed by atoms with E-state index in [2.05, 4.69) is 13.8 Å². The Morgan fingerprint density at radius 1 is 0.354 bits per heavy atom. The molecule has 2 unspecified atom stereocenters. The highest BCUT2D eigenvalue weighted by Crippen LogP contribution is 2.43. The minimum absolute atomic E-state index is 0.00624. The van der Waals surface area contributed by atoms with Crippen molar-refractivity contribution in [1.82, 2.24) is 0 Å². The molecule has 1 N–H and O–H groups in total. The first-order valence-corrected chi connectivity index (χ1v) is 30.3. The average Bonchev–Trinajstić information content (AvgIpc) is 3.29. The van der Waals surface area contributed by atoms with Crippen molar-refractivity contribution in [3.63, 3.8) is 0 Å². The molecule has 0 saturated carbocycles. The molecule has 9 heteroatoms. The Bertz CT molecular complexity index is 1020. The number of carbonyl (C=O) groups excluding carboxylic acids is 2. The summed E-state index contributed by atoms with van der Waals surface area (Å²) in [6.45, 7) is 5.58. The highest BCUT2D eigenvalue weighted by atomic mass is 31.2. The average molecular weight is 943 g/mol. The van der Waals surface area contributed by atoms with Gasteiger partial charge in [-0.25, -0.2) is 4.57 Å². The van der Waals surface area contributed by atoms with Crippen molar-refractivity contribution in [1.29, 1.82) is 0 Å². The van der Waals surface area contributed by atoms with Crippen LogP contribution >= 0.6 is 7.82 Å². The summed E-state index contributed by atoms with van der Waals surface area (Å²) < 4.78 is 32.9. The van der Waals surface area contributed by atoms with Gasteiger partial charge in [0.15, 0.2) is 6.10 Å². The molecule has 0 heterocycles. The Morgan fingerprint density at radius 3 is 0.862 bits per heavy atom. The minimum Gasteiger partial charge on any atom is -0.462 e. The number of phosphoric ester groups is 1. The van der Waals surface area contributed by atoms with Gasteiger partial charge in [-0.05, 0) is 19.8 Å². The van der Waals surface area contributed by atoms with Gasteiger partial charge >= 0.3 is 19.8 Å². The summed E-state index contributed by atoms with van der Waals surface area (Å²) in [5.41, 5.74) is 0. The Labute approximate surface area is 404 Å². The maximum Gasteiger partial charge on any atom is 0.472 e. The molecule has 0 amide bonds. The highest BCUT2D eigenvalue weighted by molar-refractivity contribution is 7.47. The second-order valence-electron chi connectivity index (χ2n) is 19.7. The van der Waals surface area contributed by atoms with Crippen molar-refractivity contribution in [3.8, 4) is 0 Å². The van der Waals surface area contributed by atoms with Gasteiger partial charge in [0.2, 0.25) is 0 Å². The fourth-order valence-electron chi connectivity index (χ4n) is 8.93. The van der Waals surface area contributed by atoms with Crippen LogP contribution in [0.1, 0.15) is 323 Å². The van der Waals surface area contributed by atoms with E-state index in [1.165, 1.54) is 250 Å². The molecule has 0 aliphatic carbocycles. The van der Waals surface area contributed by atoms with E-state index in [0.717, 1.165) is 38.5 Å². The number of ether oxygens (including phenoxy) is 2. The summed E-state index contributed by atoms with van der Waals surface area (Å²) in [7, 11) is -4.28. The molecule has 0 bridgehead atoms. The van der Waals surface area contributed by atoms with Crippen molar-refractivity contribution in [2.24, 2.45) is 0 Å². The number of hydrogen-bond donors (Lipinski definition) is 1. The second kappa shape index (κ2) is 52.4. The van der Waals surface area contributed by atoms with Crippen LogP contribution < -0.4 is 0 Å². The van der Waals surface area contributed by atoms with E-state index in [9.17, 15) is 19.0 Å². The quantitative estimate of drug-likeness (QED) is 0.0365. The van der Waals surface area contributed by atoms with Gasteiger partial charge in [0.05, 0.1) is 13.2 Å². The zero-order valence-electron chi connectivity index (χ0n) is 43.7. The van der Waals surface area contributed by atoms with Crippen LogP contribution in [-0.2, 0) is 32.7 Å². The molecule has 0 spiro atoms. The molecule has 0 aromatic heterocycles. The zero-order valence-corrected chi connectivity index (χ0v) is 44.6. The lowest BCUT2D eigenvalue weighted by atomic mass is 10.0. The maximum absolute atomic E-state index is 12.7. The first-order valence-electron chi connectivity index (χ1n) is 28.8. The Kier molecular flexibility index (Phi) is 51.7. The van der Waals surface area contributed by atoms with Crippen LogP contribution in [0.3, 0.4) is 0 Å². The largest absolute Gasteiger partial charge is 0.472 e. The molecular weight excluding hydrogens is 832 g/mol. The second-order valence-corrected chi connectivity index (χ2v) is 21.1. The van der Waals surface area contributed by atoms with Crippen LogP contribution in [-0.4, -0.2) is 42.8 Å². The van der Waals surface area contributed by atoms with Crippen molar-refractivity contribution in [2.75, 3.05) is 19.8 Å². The van der Waals surface area contributed by atoms with Gasteiger partial charge < -0.3 is 14.4 Å². The lowest BCUT2D eigenvalue weighted by Gasteiger charge is -2.19. The number of unbranched alkanes of at least 4 members (excludes halogenated alkanes) is 43. The monoisotopic (exact) mass is 943 g/mol. The molecule has 8 nitrogen and oxygen atoms in total. The lowest BCUT2D eigenvalue weighted by Crippen LogP contribution is -2.29. The third kappa shape index (κ3) is 52.3. The predicted molar refractivity (Wildman–Crippen MR) is 277 cm³/mol. The normalized spacial score (nSPS) is 13.0. The molecule has 0 fully saturated rings. The van der Waals surface area contributed by atoms with Crippen LogP contribution in [0.15, 0.2) is 0 Å². The topological polar surface area (TPSA) is 108 Å². The van der Waals surface area contributed by atoms with Gasteiger partial charge in [-0.3, -0.25) is 18.6 Å². The summed E-state index contributed by atoms with van der Waals surface area (Å²) in [6, 6.07) is 0. The summed E-state index contributed by atoms with van der Waals surface area (Å²) >= 11 is 0. The molecular formula is C56H111O8P. The van der Waals surface area contributed by atoms with Crippen LogP contribution in [0.4, 0.5) is 0 Å². The van der Waals surface area contributed by atoms with Crippen molar-refractivity contribution in [2.45, 2.75) is 329 Å². The fourth-order valence-corrected chi connectivity index (χ4v) is 9.69. The molecule has 388 valence electrons. The maximum atomic E-state index is 12.7. The van der Waals surface area contributed by atoms with Crippen LogP contribution in [0.2, 0.25) is 0 Å². The lowest BCUT2D eigenvalue weighted by molar-refractivity contribution is -0.161. The summed E-state index contributed by atoms with van der Waals surface area (Å²) in [5.74, 6) is -0.770. The standard InChI is InChI=1S/C56H111O8P/c1-4-7-9-11-13-15-17-19-21-23-25-27-29-31-33-35-37-39-41-43-45-47-49-51-56(58)64-54(53-63-65(59,60)62-6-3)52-61-55(57)50-48-46-44-42-40-38-36-34-32-30-28-26-24-22-20-18-16-14-12-10-8-5-2/h54H,4-53H2,1-3H3,(H,59,60). The Balaban J connectivity index is 3.85. The van der Waals surface area contributed by atoms with E-state index in [1.807, 2.05) is 0 Å². The SMILES string of the molecule is CCCCCCCCCCCCCCCCCCCCCCCCCC(=O)OC(COC(=O)CCCCCCCCCCCCCCCCCCCCCCCC)COP(=O)(O)OCC. The molecule has 0 aliphatic rings. The summed E-state index contributed by atoms with van der Waals surface area (Å²) in [4.78, 5) is 35.0. The van der Waals surface area contributed by atoms with E-state index >= 15 is 0 Å². The predicted octanol–water partition coefficient (Wildman–Crippen LogP) is 19.0.